The van der Waals surface area contributed by atoms with Gasteiger partial charge in [-0.25, -0.2) is 4.98 Å². The number of rotatable bonds is 4. The second kappa shape index (κ2) is 7.59. The fourth-order valence-corrected chi connectivity index (χ4v) is 2.90. The van der Waals surface area contributed by atoms with Crippen molar-refractivity contribution in [3.63, 3.8) is 0 Å². The van der Waals surface area contributed by atoms with Crippen LogP contribution in [0.5, 0.6) is 0 Å². The van der Waals surface area contributed by atoms with Crippen LogP contribution >= 0.6 is 12.4 Å². The summed E-state index contributed by atoms with van der Waals surface area (Å²) in [6.45, 7) is 3.66. The zero-order valence-electron chi connectivity index (χ0n) is 13.1. The van der Waals surface area contributed by atoms with Crippen molar-refractivity contribution in [2.75, 3.05) is 19.6 Å². The van der Waals surface area contributed by atoms with Crippen LogP contribution in [-0.2, 0) is 13.6 Å². The molecule has 0 bridgehead atoms. The highest BCUT2D eigenvalue weighted by Gasteiger charge is 2.26. The Morgan fingerprint density at radius 3 is 2.74 bits per heavy atom. The van der Waals surface area contributed by atoms with Gasteiger partial charge in [-0.3, -0.25) is 9.69 Å². The molecule has 0 saturated carbocycles. The van der Waals surface area contributed by atoms with E-state index in [2.05, 4.69) is 19.8 Å². The highest BCUT2D eigenvalue weighted by Crippen LogP contribution is 2.22. The molecular weight excluding hydrogens is 314 g/mol. The minimum absolute atomic E-state index is 0. The second-order valence-electron chi connectivity index (χ2n) is 5.65. The predicted molar refractivity (Wildman–Crippen MR) is 91.4 cm³/mol. The van der Waals surface area contributed by atoms with Crippen LogP contribution in [0.2, 0.25) is 0 Å². The largest absolute Gasteiger partial charge is 0.366 e. The molecule has 1 aliphatic rings. The minimum Gasteiger partial charge on any atom is -0.366 e. The molecule has 124 valence electrons. The molecule has 1 aromatic carbocycles. The summed E-state index contributed by atoms with van der Waals surface area (Å²) in [6.07, 6.45) is 3.81. The average molecular weight is 336 g/mol. The van der Waals surface area contributed by atoms with Crippen molar-refractivity contribution in [1.82, 2.24) is 19.8 Å². The van der Waals surface area contributed by atoms with Gasteiger partial charge in [0.1, 0.15) is 5.82 Å². The van der Waals surface area contributed by atoms with E-state index < -0.39 is 0 Å². The van der Waals surface area contributed by atoms with Gasteiger partial charge in [0.2, 0.25) is 5.91 Å². The number of nitrogens with zero attached hydrogens (tertiary/aromatic N) is 3. The number of piperazine rings is 1. The number of nitrogens with one attached hydrogen (secondary N) is 1. The molecule has 3 rings (SSSR count). The van der Waals surface area contributed by atoms with Crippen LogP contribution in [0.4, 0.5) is 0 Å². The Labute approximate surface area is 142 Å². The number of halogens is 1. The average Bonchev–Trinajstić information content (AvgIpc) is 2.94. The first-order chi connectivity index (χ1) is 10.6. The molecule has 7 heteroatoms. The topological polar surface area (TPSA) is 76.2 Å². The van der Waals surface area contributed by atoms with Gasteiger partial charge in [-0.1, -0.05) is 12.1 Å². The van der Waals surface area contributed by atoms with Crippen LogP contribution in [-0.4, -0.2) is 40.0 Å². The first-order valence-corrected chi connectivity index (χ1v) is 7.46. The van der Waals surface area contributed by atoms with Gasteiger partial charge >= 0.3 is 0 Å². The lowest BCUT2D eigenvalue weighted by atomic mass is 10.1. The fraction of sp³-hybridized carbons (Fsp3) is 0.375. The summed E-state index contributed by atoms with van der Waals surface area (Å²) in [7, 11) is 2.02. The van der Waals surface area contributed by atoms with Gasteiger partial charge in [-0.15, -0.1) is 12.4 Å². The SMILES string of the molecule is Cl.Cn1ccnc1C1CNCCN1Cc1ccc(C(N)=O)cc1. The predicted octanol–water partition coefficient (Wildman–Crippen LogP) is 1.09. The zero-order chi connectivity index (χ0) is 15.5. The molecule has 1 aromatic heterocycles. The number of carbonyl (C=O) groups excluding carboxylic acids is 1. The maximum absolute atomic E-state index is 11.1. The summed E-state index contributed by atoms with van der Waals surface area (Å²) in [5.74, 6) is 0.681. The van der Waals surface area contributed by atoms with E-state index in [0.29, 0.717) is 5.56 Å². The van der Waals surface area contributed by atoms with Gasteiger partial charge in [0, 0.05) is 51.2 Å². The van der Waals surface area contributed by atoms with Crippen molar-refractivity contribution in [2.45, 2.75) is 12.6 Å². The lowest BCUT2D eigenvalue weighted by Gasteiger charge is -2.35. The zero-order valence-corrected chi connectivity index (χ0v) is 13.9. The van der Waals surface area contributed by atoms with Crippen molar-refractivity contribution in [3.05, 3.63) is 53.6 Å². The van der Waals surface area contributed by atoms with Crippen molar-refractivity contribution >= 4 is 18.3 Å². The van der Waals surface area contributed by atoms with Crippen LogP contribution < -0.4 is 11.1 Å². The van der Waals surface area contributed by atoms with Crippen molar-refractivity contribution in [1.29, 1.82) is 0 Å². The third-order valence-corrected chi connectivity index (χ3v) is 4.13. The minimum atomic E-state index is -0.389. The third-order valence-electron chi connectivity index (χ3n) is 4.13. The van der Waals surface area contributed by atoms with E-state index in [1.165, 1.54) is 5.56 Å². The molecule has 1 saturated heterocycles. The van der Waals surface area contributed by atoms with Crippen molar-refractivity contribution in [2.24, 2.45) is 12.8 Å². The van der Waals surface area contributed by atoms with Gasteiger partial charge in [0.05, 0.1) is 6.04 Å². The molecule has 0 radical (unpaired) electrons. The van der Waals surface area contributed by atoms with E-state index in [-0.39, 0.29) is 24.4 Å². The molecular formula is C16H22ClN5O. The van der Waals surface area contributed by atoms with Crippen LogP contribution in [0, 0.1) is 0 Å². The smallest absolute Gasteiger partial charge is 0.248 e. The van der Waals surface area contributed by atoms with E-state index >= 15 is 0 Å². The molecule has 0 aliphatic carbocycles. The van der Waals surface area contributed by atoms with Crippen LogP contribution in [0.1, 0.15) is 27.8 Å². The van der Waals surface area contributed by atoms with Gasteiger partial charge in [0.15, 0.2) is 0 Å². The highest BCUT2D eigenvalue weighted by molar-refractivity contribution is 5.92. The Morgan fingerprint density at radius 1 is 1.39 bits per heavy atom. The first-order valence-electron chi connectivity index (χ1n) is 7.46. The molecule has 1 fully saturated rings. The lowest BCUT2D eigenvalue weighted by molar-refractivity contribution is 0.1000. The molecule has 1 unspecified atom stereocenters. The first kappa shape index (κ1) is 17.5. The molecule has 2 heterocycles. The van der Waals surface area contributed by atoms with E-state index in [0.717, 1.165) is 32.0 Å². The standard InChI is InChI=1S/C16H21N5O.ClH/c1-20-8-7-19-16(20)14-10-18-6-9-21(14)11-12-2-4-13(5-3-12)15(17)22;/h2-5,7-8,14,18H,6,9-11H2,1H3,(H2,17,22);1H. The summed E-state index contributed by atoms with van der Waals surface area (Å²) in [6, 6.07) is 7.77. The maximum Gasteiger partial charge on any atom is 0.248 e. The number of benzene rings is 1. The Bertz CT molecular complexity index is 655. The summed E-state index contributed by atoms with van der Waals surface area (Å²) in [5, 5.41) is 3.43. The van der Waals surface area contributed by atoms with Crippen LogP contribution in [0.3, 0.4) is 0 Å². The Morgan fingerprint density at radius 2 is 2.13 bits per heavy atom. The van der Waals surface area contributed by atoms with Crippen LogP contribution in [0.25, 0.3) is 0 Å². The number of amides is 1. The molecule has 0 spiro atoms. The van der Waals surface area contributed by atoms with Gasteiger partial charge < -0.3 is 15.6 Å². The number of nitrogens with two attached hydrogens (primary N) is 1. The Hall–Kier alpha value is -1.89. The highest BCUT2D eigenvalue weighted by atomic mass is 35.5. The number of aromatic nitrogens is 2. The third kappa shape index (κ3) is 3.90. The van der Waals surface area contributed by atoms with Crippen LogP contribution in [0.15, 0.2) is 36.7 Å². The molecule has 23 heavy (non-hydrogen) atoms. The van der Waals surface area contributed by atoms with Gasteiger partial charge in [0.25, 0.3) is 0 Å². The molecule has 3 N–H and O–H groups in total. The second-order valence-corrected chi connectivity index (χ2v) is 5.65. The van der Waals surface area contributed by atoms with E-state index in [1.807, 2.05) is 31.6 Å². The van der Waals surface area contributed by atoms with E-state index in [9.17, 15) is 4.79 Å². The summed E-state index contributed by atoms with van der Waals surface area (Å²) < 4.78 is 2.07. The lowest BCUT2D eigenvalue weighted by Crippen LogP contribution is -2.46. The van der Waals surface area contributed by atoms with E-state index in [1.54, 1.807) is 12.1 Å². The molecule has 6 nitrogen and oxygen atoms in total. The number of carbonyl (C=O) groups is 1. The summed E-state index contributed by atoms with van der Waals surface area (Å²) in [5.41, 5.74) is 7.00. The molecule has 1 atom stereocenters. The summed E-state index contributed by atoms with van der Waals surface area (Å²) >= 11 is 0. The number of imidazole rings is 1. The van der Waals surface area contributed by atoms with Gasteiger partial charge in [-0.2, -0.15) is 0 Å². The van der Waals surface area contributed by atoms with Gasteiger partial charge in [-0.05, 0) is 17.7 Å². The monoisotopic (exact) mass is 335 g/mol. The Kier molecular flexibility index (Phi) is 5.76. The number of aryl methyl sites for hydroxylation is 1. The normalized spacial score (nSPS) is 18.4. The number of hydrogen-bond acceptors (Lipinski definition) is 4. The summed E-state index contributed by atoms with van der Waals surface area (Å²) in [4.78, 5) is 18.0. The fourth-order valence-electron chi connectivity index (χ4n) is 2.90. The Balaban J connectivity index is 0.00000192. The van der Waals surface area contributed by atoms with E-state index in [4.69, 9.17) is 5.73 Å². The number of primary amides is 1. The quantitative estimate of drug-likeness (QED) is 0.877. The maximum atomic E-state index is 11.1. The van der Waals surface area contributed by atoms with Crippen molar-refractivity contribution in [3.8, 4) is 0 Å². The van der Waals surface area contributed by atoms with Crippen molar-refractivity contribution < 1.29 is 4.79 Å². The number of hydrogen-bond donors (Lipinski definition) is 2. The molecule has 1 amide bonds. The molecule has 2 aromatic rings. The molecule has 1 aliphatic heterocycles.